The van der Waals surface area contributed by atoms with Crippen molar-refractivity contribution in [3.05, 3.63) is 59.2 Å². The maximum atomic E-state index is 12.5. The van der Waals surface area contributed by atoms with E-state index in [1.165, 1.54) is 0 Å². The van der Waals surface area contributed by atoms with E-state index in [1.54, 1.807) is 36.4 Å². The molecule has 0 aliphatic heterocycles. The van der Waals surface area contributed by atoms with E-state index in [0.29, 0.717) is 24.5 Å². The maximum Gasteiger partial charge on any atom is 0.185 e. The highest BCUT2D eigenvalue weighted by molar-refractivity contribution is 6.07. The normalized spacial score (nSPS) is 11.0. The standard InChI is InChI=1S/C24H31NO3/c1-4-6-16-27-23-15-8-18(3)24(28-17-7-5-2)21(23)13-14-22(26)19-9-11-20(25)12-10-19/h8-15H,4-7,16-17,25H2,1-3H3. The molecule has 0 radical (unpaired) electrons. The average molecular weight is 382 g/mol. The van der Waals surface area contributed by atoms with Crippen LogP contribution in [0.15, 0.2) is 42.5 Å². The number of nitrogen functional groups attached to an aromatic ring is 1. The lowest BCUT2D eigenvalue weighted by molar-refractivity contribution is 0.104. The van der Waals surface area contributed by atoms with Gasteiger partial charge in [0.15, 0.2) is 5.78 Å². The minimum atomic E-state index is -0.0828. The van der Waals surface area contributed by atoms with Crippen LogP contribution in [0, 0.1) is 6.92 Å². The van der Waals surface area contributed by atoms with Gasteiger partial charge in [0.05, 0.1) is 18.8 Å². The number of anilines is 1. The highest BCUT2D eigenvalue weighted by Gasteiger charge is 2.13. The summed E-state index contributed by atoms with van der Waals surface area (Å²) in [4.78, 5) is 12.5. The van der Waals surface area contributed by atoms with Crippen LogP contribution in [-0.2, 0) is 0 Å². The van der Waals surface area contributed by atoms with E-state index in [4.69, 9.17) is 15.2 Å². The Hall–Kier alpha value is -2.75. The van der Waals surface area contributed by atoms with E-state index in [-0.39, 0.29) is 5.78 Å². The highest BCUT2D eigenvalue weighted by atomic mass is 16.5. The van der Waals surface area contributed by atoms with Gasteiger partial charge < -0.3 is 15.2 Å². The van der Waals surface area contributed by atoms with Crippen LogP contribution in [0.25, 0.3) is 6.08 Å². The van der Waals surface area contributed by atoms with Gasteiger partial charge in [-0.3, -0.25) is 4.79 Å². The molecule has 0 atom stereocenters. The van der Waals surface area contributed by atoms with Crippen LogP contribution in [0.1, 0.15) is 61.0 Å². The summed E-state index contributed by atoms with van der Waals surface area (Å²) in [6.45, 7) is 7.55. The summed E-state index contributed by atoms with van der Waals surface area (Å²) in [7, 11) is 0. The van der Waals surface area contributed by atoms with Crippen molar-refractivity contribution in [2.45, 2.75) is 46.5 Å². The van der Waals surface area contributed by atoms with Gasteiger partial charge in [0.2, 0.25) is 0 Å². The first-order chi connectivity index (χ1) is 13.6. The number of ketones is 1. The molecule has 0 aliphatic carbocycles. The summed E-state index contributed by atoms with van der Waals surface area (Å²) in [5.41, 5.74) is 8.78. The van der Waals surface area contributed by atoms with Crippen molar-refractivity contribution in [3.63, 3.8) is 0 Å². The molecule has 4 heteroatoms. The fraction of sp³-hybridized carbons (Fsp3) is 0.375. The number of nitrogens with two attached hydrogens (primary N) is 1. The lowest BCUT2D eigenvalue weighted by Gasteiger charge is -2.16. The topological polar surface area (TPSA) is 61.5 Å². The second kappa shape index (κ2) is 11.2. The van der Waals surface area contributed by atoms with Crippen molar-refractivity contribution in [2.24, 2.45) is 0 Å². The smallest absolute Gasteiger partial charge is 0.185 e. The van der Waals surface area contributed by atoms with Crippen LogP contribution in [0.5, 0.6) is 11.5 Å². The molecule has 0 amide bonds. The van der Waals surface area contributed by atoms with E-state index in [0.717, 1.165) is 48.3 Å². The fourth-order valence-corrected chi connectivity index (χ4v) is 2.71. The Balaban J connectivity index is 2.31. The quantitative estimate of drug-likeness (QED) is 0.230. The number of benzene rings is 2. The third-order valence-corrected chi connectivity index (χ3v) is 4.45. The summed E-state index contributed by atoms with van der Waals surface area (Å²) in [5, 5.41) is 0. The minimum absolute atomic E-state index is 0.0828. The first-order valence-electron chi connectivity index (χ1n) is 10.0. The van der Waals surface area contributed by atoms with E-state index in [9.17, 15) is 4.79 Å². The molecule has 0 spiro atoms. The van der Waals surface area contributed by atoms with Gasteiger partial charge >= 0.3 is 0 Å². The van der Waals surface area contributed by atoms with Gasteiger partial charge in [-0.15, -0.1) is 0 Å². The van der Waals surface area contributed by atoms with E-state index >= 15 is 0 Å². The third-order valence-electron chi connectivity index (χ3n) is 4.45. The largest absolute Gasteiger partial charge is 0.493 e. The summed E-state index contributed by atoms with van der Waals surface area (Å²) in [6.07, 6.45) is 7.45. The highest BCUT2D eigenvalue weighted by Crippen LogP contribution is 2.34. The number of rotatable bonds is 11. The molecule has 0 saturated carbocycles. The van der Waals surface area contributed by atoms with Gasteiger partial charge in [-0.1, -0.05) is 32.8 Å². The summed E-state index contributed by atoms with van der Waals surface area (Å²) in [5.74, 6) is 1.44. The molecule has 4 nitrogen and oxygen atoms in total. The van der Waals surface area contributed by atoms with Crippen molar-refractivity contribution in [1.82, 2.24) is 0 Å². The predicted molar refractivity (Wildman–Crippen MR) is 116 cm³/mol. The molecule has 0 unspecified atom stereocenters. The summed E-state index contributed by atoms with van der Waals surface area (Å²) >= 11 is 0. The number of hydrogen-bond acceptors (Lipinski definition) is 4. The number of hydrogen-bond donors (Lipinski definition) is 1. The molecule has 0 aromatic heterocycles. The SMILES string of the molecule is CCCCOc1ccc(C)c(OCCCC)c1C=CC(=O)c1ccc(N)cc1. The van der Waals surface area contributed by atoms with Gasteiger partial charge in [0, 0.05) is 11.3 Å². The fourth-order valence-electron chi connectivity index (χ4n) is 2.71. The summed E-state index contributed by atoms with van der Waals surface area (Å²) in [6, 6.07) is 10.9. The summed E-state index contributed by atoms with van der Waals surface area (Å²) < 4.78 is 12.0. The molecule has 2 rings (SSSR count). The number of ether oxygens (including phenoxy) is 2. The molecule has 28 heavy (non-hydrogen) atoms. The van der Waals surface area contributed by atoms with Crippen molar-refractivity contribution >= 4 is 17.5 Å². The molecule has 0 saturated heterocycles. The molecule has 0 heterocycles. The van der Waals surface area contributed by atoms with Gasteiger partial charge in [-0.25, -0.2) is 0 Å². The lowest BCUT2D eigenvalue weighted by atomic mass is 10.1. The van der Waals surface area contributed by atoms with E-state index < -0.39 is 0 Å². The Labute approximate surface area is 168 Å². The average Bonchev–Trinajstić information content (AvgIpc) is 2.69. The maximum absolute atomic E-state index is 12.5. The first kappa shape index (κ1) is 21.5. The second-order valence-electron chi connectivity index (χ2n) is 6.85. The Kier molecular flexibility index (Phi) is 8.60. The molecule has 2 aromatic carbocycles. The van der Waals surface area contributed by atoms with Crippen molar-refractivity contribution in [2.75, 3.05) is 18.9 Å². The van der Waals surface area contributed by atoms with Crippen LogP contribution in [0.3, 0.4) is 0 Å². The molecular formula is C24H31NO3. The number of allylic oxidation sites excluding steroid dienone is 1. The van der Waals surface area contributed by atoms with Gasteiger partial charge in [-0.2, -0.15) is 0 Å². The van der Waals surface area contributed by atoms with Crippen LogP contribution < -0.4 is 15.2 Å². The molecule has 0 fully saturated rings. The predicted octanol–water partition coefficient (Wildman–Crippen LogP) is 5.83. The zero-order valence-corrected chi connectivity index (χ0v) is 17.2. The zero-order chi connectivity index (χ0) is 20.4. The van der Waals surface area contributed by atoms with Crippen LogP contribution in [0.2, 0.25) is 0 Å². The van der Waals surface area contributed by atoms with Crippen molar-refractivity contribution in [1.29, 1.82) is 0 Å². The first-order valence-corrected chi connectivity index (χ1v) is 10.0. The molecule has 2 aromatic rings. The molecule has 0 aliphatic rings. The number of unbranched alkanes of at least 4 members (excludes halogenated alkanes) is 2. The monoisotopic (exact) mass is 381 g/mol. The van der Waals surface area contributed by atoms with Gasteiger partial charge in [0.1, 0.15) is 11.5 Å². The minimum Gasteiger partial charge on any atom is -0.493 e. The third kappa shape index (κ3) is 6.15. The van der Waals surface area contributed by atoms with Crippen LogP contribution in [0.4, 0.5) is 5.69 Å². The van der Waals surface area contributed by atoms with Crippen molar-refractivity contribution < 1.29 is 14.3 Å². The Morgan fingerprint density at radius 1 is 0.964 bits per heavy atom. The van der Waals surface area contributed by atoms with Crippen LogP contribution in [-0.4, -0.2) is 19.0 Å². The Morgan fingerprint density at radius 3 is 2.25 bits per heavy atom. The van der Waals surface area contributed by atoms with Crippen LogP contribution >= 0.6 is 0 Å². The molecule has 0 bridgehead atoms. The van der Waals surface area contributed by atoms with E-state index in [2.05, 4.69) is 13.8 Å². The zero-order valence-electron chi connectivity index (χ0n) is 17.2. The van der Waals surface area contributed by atoms with Crippen molar-refractivity contribution in [3.8, 4) is 11.5 Å². The number of aryl methyl sites for hydroxylation is 1. The van der Waals surface area contributed by atoms with Gasteiger partial charge in [-0.05, 0) is 67.8 Å². The van der Waals surface area contributed by atoms with Gasteiger partial charge in [0.25, 0.3) is 0 Å². The lowest BCUT2D eigenvalue weighted by Crippen LogP contribution is -2.04. The molecule has 2 N–H and O–H groups in total. The Morgan fingerprint density at radius 2 is 1.61 bits per heavy atom. The number of carbonyl (C=O) groups is 1. The molecule has 150 valence electrons. The number of carbonyl (C=O) groups excluding carboxylic acids is 1. The Bertz CT molecular complexity index is 794. The second-order valence-corrected chi connectivity index (χ2v) is 6.85. The van der Waals surface area contributed by atoms with E-state index in [1.807, 2.05) is 19.1 Å². The molecular weight excluding hydrogens is 350 g/mol.